The third kappa shape index (κ3) is 3.08. The second-order valence-corrected chi connectivity index (χ2v) is 4.79. The van der Waals surface area contributed by atoms with Crippen LogP contribution in [0.25, 0.3) is 0 Å². The fraction of sp³-hybridized carbons (Fsp3) is 0.429. The van der Waals surface area contributed by atoms with Crippen molar-refractivity contribution in [2.75, 3.05) is 13.1 Å². The normalized spacial score (nSPS) is 20.3. The van der Waals surface area contributed by atoms with Crippen LogP contribution in [0.1, 0.15) is 24.0 Å². The molecule has 1 atom stereocenters. The van der Waals surface area contributed by atoms with Gasteiger partial charge in [0.05, 0.1) is 17.6 Å². The summed E-state index contributed by atoms with van der Waals surface area (Å²) in [5.41, 5.74) is 7.20. The number of hydrogen-bond acceptors (Lipinski definition) is 3. The smallest absolute Gasteiger partial charge is 0.221 e. The van der Waals surface area contributed by atoms with E-state index in [-0.39, 0.29) is 11.8 Å². The van der Waals surface area contributed by atoms with Crippen LogP contribution in [0.4, 0.5) is 0 Å². The molecule has 1 heterocycles. The molecule has 0 spiro atoms. The summed E-state index contributed by atoms with van der Waals surface area (Å²) in [6.07, 6.45) is 1.92. The summed E-state index contributed by atoms with van der Waals surface area (Å²) in [5.74, 6) is -0.211. The van der Waals surface area contributed by atoms with Crippen molar-refractivity contribution in [3.63, 3.8) is 0 Å². The van der Waals surface area contributed by atoms with Gasteiger partial charge >= 0.3 is 0 Å². The fourth-order valence-corrected chi connectivity index (χ4v) is 2.37. The van der Waals surface area contributed by atoms with Crippen molar-refractivity contribution < 1.29 is 4.79 Å². The lowest BCUT2D eigenvalue weighted by molar-refractivity contribution is -0.123. The van der Waals surface area contributed by atoms with Gasteiger partial charge in [-0.25, -0.2) is 0 Å². The highest BCUT2D eigenvalue weighted by Gasteiger charge is 2.23. The number of piperidine rings is 1. The van der Waals surface area contributed by atoms with Crippen LogP contribution in [0.2, 0.25) is 0 Å². The molecule has 1 fully saturated rings. The molecule has 1 saturated heterocycles. The molecule has 1 aromatic carbocycles. The van der Waals surface area contributed by atoms with Crippen molar-refractivity contribution in [2.24, 2.45) is 11.7 Å². The van der Waals surface area contributed by atoms with Gasteiger partial charge in [-0.15, -0.1) is 0 Å². The number of nitriles is 1. The minimum atomic E-state index is -0.195. The van der Waals surface area contributed by atoms with Gasteiger partial charge in [0.15, 0.2) is 0 Å². The summed E-state index contributed by atoms with van der Waals surface area (Å²) in [4.78, 5) is 13.4. The molecule has 1 aliphatic rings. The number of carbonyl (C=O) groups excluding carboxylic acids is 1. The molecular weight excluding hydrogens is 226 g/mol. The highest BCUT2D eigenvalue weighted by Crippen LogP contribution is 2.18. The van der Waals surface area contributed by atoms with Crippen molar-refractivity contribution in [3.8, 4) is 6.07 Å². The van der Waals surface area contributed by atoms with Crippen LogP contribution in [-0.2, 0) is 11.3 Å². The van der Waals surface area contributed by atoms with Crippen LogP contribution in [0.15, 0.2) is 24.3 Å². The molecule has 18 heavy (non-hydrogen) atoms. The number of nitrogens with two attached hydrogens (primary N) is 1. The summed E-state index contributed by atoms with van der Waals surface area (Å²) in [7, 11) is 0. The molecule has 2 N–H and O–H groups in total. The third-order valence-electron chi connectivity index (χ3n) is 3.40. The number of benzene rings is 1. The van der Waals surface area contributed by atoms with E-state index in [0.29, 0.717) is 5.56 Å². The van der Waals surface area contributed by atoms with Crippen molar-refractivity contribution in [1.82, 2.24) is 4.90 Å². The van der Waals surface area contributed by atoms with E-state index in [1.165, 1.54) is 5.56 Å². The lowest BCUT2D eigenvalue weighted by Crippen LogP contribution is -2.40. The fourth-order valence-electron chi connectivity index (χ4n) is 2.37. The number of likely N-dealkylation sites (tertiary alicyclic amines) is 1. The predicted octanol–water partition coefficient (Wildman–Crippen LogP) is 1.26. The first-order valence-electron chi connectivity index (χ1n) is 6.20. The van der Waals surface area contributed by atoms with Gasteiger partial charge < -0.3 is 5.73 Å². The molecule has 0 aliphatic carbocycles. The Kier molecular flexibility index (Phi) is 3.96. The standard InChI is InChI=1S/C14H17N3O/c15-8-11-3-5-12(6-4-11)9-17-7-1-2-13(10-17)14(16)18/h3-6,13H,1-2,7,9-10H2,(H2,16,18). The van der Waals surface area contributed by atoms with Gasteiger partial charge in [-0.05, 0) is 37.1 Å². The van der Waals surface area contributed by atoms with E-state index in [1.54, 1.807) is 0 Å². The van der Waals surface area contributed by atoms with Crippen molar-refractivity contribution >= 4 is 5.91 Å². The zero-order valence-corrected chi connectivity index (χ0v) is 10.3. The Balaban J connectivity index is 1.96. The number of primary amides is 1. The first kappa shape index (κ1) is 12.6. The van der Waals surface area contributed by atoms with Gasteiger partial charge in [0.25, 0.3) is 0 Å². The van der Waals surface area contributed by atoms with E-state index < -0.39 is 0 Å². The van der Waals surface area contributed by atoms with E-state index in [4.69, 9.17) is 11.0 Å². The number of carbonyl (C=O) groups is 1. The molecule has 0 bridgehead atoms. The van der Waals surface area contributed by atoms with Crippen molar-refractivity contribution in [2.45, 2.75) is 19.4 Å². The molecule has 1 aromatic rings. The highest BCUT2D eigenvalue weighted by atomic mass is 16.1. The third-order valence-corrected chi connectivity index (χ3v) is 3.40. The molecule has 94 valence electrons. The van der Waals surface area contributed by atoms with Crippen LogP contribution in [-0.4, -0.2) is 23.9 Å². The largest absolute Gasteiger partial charge is 0.369 e. The Morgan fingerprint density at radius 3 is 2.78 bits per heavy atom. The van der Waals surface area contributed by atoms with Crippen molar-refractivity contribution in [1.29, 1.82) is 5.26 Å². The minimum absolute atomic E-state index is 0.0165. The minimum Gasteiger partial charge on any atom is -0.369 e. The van der Waals surface area contributed by atoms with E-state index in [0.717, 1.165) is 32.5 Å². The Bertz CT molecular complexity index is 461. The number of hydrogen-bond donors (Lipinski definition) is 1. The number of amides is 1. The average molecular weight is 243 g/mol. The quantitative estimate of drug-likeness (QED) is 0.868. The number of nitrogens with zero attached hydrogens (tertiary/aromatic N) is 2. The molecule has 4 nitrogen and oxygen atoms in total. The van der Waals surface area contributed by atoms with Crippen molar-refractivity contribution in [3.05, 3.63) is 35.4 Å². The van der Waals surface area contributed by atoms with Crippen LogP contribution >= 0.6 is 0 Å². The maximum absolute atomic E-state index is 11.2. The summed E-state index contributed by atoms with van der Waals surface area (Å²) < 4.78 is 0. The van der Waals surface area contributed by atoms with Gasteiger partial charge in [-0.3, -0.25) is 9.69 Å². The maximum Gasteiger partial charge on any atom is 0.221 e. The molecule has 4 heteroatoms. The molecule has 0 saturated carbocycles. The Hall–Kier alpha value is -1.86. The zero-order valence-electron chi connectivity index (χ0n) is 10.3. The first-order chi connectivity index (χ1) is 8.69. The summed E-state index contributed by atoms with van der Waals surface area (Å²) in [6, 6.07) is 9.68. The Labute approximate surface area is 107 Å². The topological polar surface area (TPSA) is 70.1 Å². The lowest BCUT2D eigenvalue weighted by Gasteiger charge is -2.31. The van der Waals surface area contributed by atoms with Gasteiger partial charge in [-0.2, -0.15) is 5.26 Å². The molecule has 0 aromatic heterocycles. The van der Waals surface area contributed by atoms with E-state index >= 15 is 0 Å². The molecule has 1 aliphatic heterocycles. The molecule has 1 unspecified atom stereocenters. The zero-order chi connectivity index (χ0) is 13.0. The average Bonchev–Trinajstić information content (AvgIpc) is 2.40. The van der Waals surface area contributed by atoms with Gasteiger partial charge in [0.2, 0.25) is 5.91 Å². The molecule has 0 radical (unpaired) electrons. The number of rotatable bonds is 3. The monoisotopic (exact) mass is 243 g/mol. The van der Waals surface area contributed by atoms with E-state index in [1.807, 2.05) is 24.3 Å². The van der Waals surface area contributed by atoms with Crippen LogP contribution < -0.4 is 5.73 Å². The van der Waals surface area contributed by atoms with E-state index in [9.17, 15) is 4.79 Å². The summed E-state index contributed by atoms with van der Waals surface area (Å²) in [5, 5.41) is 8.73. The van der Waals surface area contributed by atoms with Crippen LogP contribution in [0, 0.1) is 17.2 Å². The van der Waals surface area contributed by atoms with Crippen LogP contribution in [0.3, 0.4) is 0 Å². The van der Waals surface area contributed by atoms with Gasteiger partial charge in [-0.1, -0.05) is 12.1 Å². The predicted molar refractivity (Wildman–Crippen MR) is 68.4 cm³/mol. The molecular formula is C14H17N3O. The van der Waals surface area contributed by atoms with Crippen LogP contribution in [0.5, 0.6) is 0 Å². The first-order valence-corrected chi connectivity index (χ1v) is 6.20. The highest BCUT2D eigenvalue weighted by molar-refractivity contribution is 5.76. The second kappa shape index (κ2) is 5.65. The van der Waals surface area contributed by atoms with Gasteiger partial charge in [0.1, 0.15) is 0 Å². The summed E-state index contributed by atoms with van der Waals surface area (Å²) >= 11 is 0. The SMILES string of the molecule is N#Cc1ccc(CN2CCCC(C(N)=O)C2)cc1. The van der Waals surface area contributed by atoms with Gasteiger partial charge in [0, 0.05) is 13.1 Å². The van der Waals surface area contributed by atoms with E-state index in [2.05, 4.69) is 11.0 Å². The second-order valence-electron chi connectivity index (χ2n) is 4.79. The molecule has 1 amide bonds. The Morgan fingerprint density at radius 2 is 2.17 bits per heavy atom. The lowest BCUT2D eigenvalue weighted by atomic mass is 9.97. The maximum atomic E-state index is 11.2. The molecule has 2 rings (SSSR count). The summed E-state index contributed by atoms with van der Waals surface area (Å²) in [6.45, 7) is 2.56. The Morgan fingerprint density at radius 1 is 1.44 bits per heavy atom.